The lowest BCUT2D eigenvalue weighted by molar-refractivity contribution is 0.259. The van der Waals surface area contributed by atoms with Crippen LogP contribution in [0.4, 0.5) is 5.69 Å². The maximum atomic E-state index is 5.41. The van der Waals surface area contributed by atoms with Gasteiger partial charge in [0.1, 0.15) is 11.5 Å². The van der Waals surface area contributed by atoms with Crippen LogP contribution in [0.15, 0.2) is 23.2 Å². The number of rotatable bonds is 10. The summed E-state index contributed by atoms with van der Waals surface area (Å²) in [5, 5.41) is 6.99. The minimum absolute atomic E-state index is 0.359. The molecule has 0 aliphatic carbocycles. The summed E-state index contributed by atoms with van der Waals surface area (Å²) >= 11 is 0. The summed E-state index contributed by atoms with van der Waals surface area (Å²) < 4.78 is 10.8. The Hall–Kier alpha value is -2.15. The fraction of sp³-hybridized carbons (Fsp3) is 0.682. The molecule has 7 nitrogen and oxygen atoms in total. The Morgan fingerprint density at radius 1 is 1.24 bits per heavy atom. The molecule has 29 heavy (non-hydrogen) atoms. The first-order valence-corrected chi connectivity index (χ1v) is 10.7. The standard InChI is InChI=1S/C22H39N5O2/c1-7-17(3)26(4)12-10-24-22(23-8-2)25-18-9-11-27(16-18)19-13-20(28-5)15-21(14-19)29-6/h13-15,17-18H,7-12,16H2,1-6H3,(H2,23,24,25). The lowest BCUT2D eigenvalue weighted by atomic mass is 10.2. The number of ether oxygens (including phenoxy) is 2. The maximum absolute atomic E-state index is 5.41. The van der Waals surface area contributed by atoms with Crippen LogP contribution in [-0.4, -0.2) is 76.9 Å². The van der Waals surface area contributed by atoms with E-state index in [-0.39, 0.29) is 0 Å². The smallest absolute Gasteiger partial charge is 0.191 e. The maximum Gasteiger partial charge on any atom is 0.191 e. The van der Waals surface area contributed by atoms with E-state index in [0.29, 0.717) is 12.1 Å². The van der Waals surface area contributed by atoms with Crippen LogP contribution in [0.1, 0.15) is 33.6 Å². The number of nitrogens with one attached hydrogen (secondary N) is 2. The van der Waals surface area contributed by atoms with Crippen molar-refractivity contribution in [1.82, 2.24) is 15.5 Å². The summed E-state index contributed by atoms with van der Waals surface area (Å²) in [4.78, 5) is 9.51. The van der Waals surface area contributed by atoms with Crippen LogP contribution in [-0.2, 0) is 0 Å². The molecule has 2 atom stereocenters. The predicted molar refractivity (Wildman–Crippen MR) is 122 cm³/mol. The number of hydrogen-bond acceptors (Lipinski definition) is 5. The highest BCUT2D eigenvalue weighted by molar-refractivity contribution is 5.80. The van der Waals surface area contributed by atoms with Crippen molar-refractivity contribution in [2.24, 2.45) is 4.99 Å². The number of likely N-dealkylation sites (N-methyl/N-ethyl adjacent to an activating group) is 1. The molecular weight excluding hydrogens is 366 g/mol. The molecule has 7 heteroatoms. The Morgan fingerprint density at radius 2 is 1.93 bits per heavy atom. The van der Waals surface area contributed by atoms with E-state index in [0.717, 1.165) is 68.7 Å². The second-order valence-corrected chi connectivity index (χ2v) is 7.65. The Kier molecular flexibility index (Phi) is 9.38. The van der Waals surface area contributed by atoms with Gasteiger partial charge in [0, 0.05) is 62.1 Å². The van der Waals surface area contributed by atoms with Crippen LogP contribution < -0.4 is 25.0 Å². The van der Waals surface area contributed by atoms with E-state index in [9.17, 15) is 0 Å². The lowest BCUT2D eigenvalue weighted by Gasteiger charge is -2.23. The van der Waals surface area contributed by atoms with Gasteiger partial charge < -0.3 is 29.9 Å². The van der Waals surface area contributed by atoms with E-state index in [1.54, 1.807) is 14.2 Å². The van der Waals surface area contributed by atoms with Gasteiger partial charge in [-0.05, 0) is 33.7 Å². The summed E-state index contributed by atoms with van der Waals surface area (Å²) in [5.74, 6) is 2.53. The quantitative estimate of drug-likeness (QED) is 0.461. The van der Waals surface area contributed by atoms with Crippen LogP contribution in [0.25, 0.3) is 0 Å². The lowest BCUT2D eigenvalue weighted by Crippen LogP contribution is -2.45. The Morgan fingerprint density at radius 3 is 2.52 bits per heavy atom. The van der Waals surface area contributed by atoms with Crippen LogP contribution in [0.5, 0.6) is 11.5 Å². The van der Waals surface area contributed by atoms with Crippen molar-refractivity contribution in [2.75, 3.05) is 58.9 Å². The van der Waals surface area contributed by atoms with E-state index >= 15 is 0 Å². The molecule has 1 aromatic carbocycles. The molecule has 164 valence electrons. The van der Waals surface area contributed by atoms with Crippen molar-refractivity contribution >= 4 is 11.6 Å². The number of nitrogens with zero attached hydrogens (tertiary/aromatic N) is 3. The summed E-state index contributed by atoms with van der Waals surface area (Å²) in [5.41, 5.74) is 1.13. The molecule has 0 spiro atoms. The third-order valence-electron chi connectivity index (χ3n) is 5.64. The van der Waals surface area contributed by atoms with Gasteiger partial charge in [0.15, 0.2) is 5.96 Å². The minimum atomic E-state index is 0.359. The highest BCUT2D eigenvalue weighted by Crippen LogP contribution is 2.30. The largest absolute Gasteiger partial charge is 0.497 e. The molecule has 1 aromatic rings. The highest BCUT2D eigenvalue weighted by atomic mass is 16.5. The van der Waals surface area contributed by atoms with Gasteiger partial charge in [0.2, 0.25) is 0 Å². The zero-order chi connectivity index (χ0) is 21.2. The van der Waals surface area contributed by atoms with E-state index in [2.05, 4.69) is 60.4 Å². The van der Waals surface area contributed by atoms with Crippen molar-refractivity contribution in [3.63, 3.8) is 0 Å². The van der Waals surface area contributed by atoms with Crippen LogP contribution in [0.3, 0.4) is 0 Å². The van der Waals surface area contributed by atoms with Crippen molar-refractivity contribution in [3.05, 3.63) is 18.2 Å². The second kappa shape index (κ2) is 11.8. The highest BCUT2D eigenvalue weighted by Gasteiger charge is 2.24. The molecule has 1 aliphatic rings. The topological polar surface area (TPSA) is 61.4 Å². The first-order chi connectivity index (χ1) is 14.0. The van der Waals surface area contributed by atoms with Crippen molar-refractivity contribution in [1.29, 1.82) is 0 Å². The first-order valence-electron chi connectivity index (χ1n) is 10.7. The van der Waals surface area contributed by atoms with Crippen LogP contribution in [0.2, 0.25) is 0 Å². The number of aliphatic imine (C=N–C) groups is 1. The molecule has 0 aromatic heterocycles. The van der Waals surface area contributed by atoms with E-state index in [1.165, 1.54) is 0 Å². The summed E-state index contributed by atoms with van der Waals surface area (Å²) in [6, 6.07) is 6.98. The van der Waals surface area contributed by atoms with Crippen molar-refractivity contribution in [2.45, 2.75) is 45.7 Å². The van der Waals surface area contributed by atoms with Gasteiger partial charge in [-0.25, -0.2) is 0 Å². The SMILES string of the molecule is CCNC(=NCCN(C)C(C)CC)NC1CCN(c2cc(OC)cc(OC)c2)C1. The van der Waals surface area contributed by atoms with E-state index < -0.39 is 0 Å². The van der Waals surface area contributed by atoms with Gasteiger partial charge in [0.05, 0.1) is 20.8 Å². The average molecular weight is 406 g/mol. The second-order valence-electron chi connectivity index (χ2n) is 7.65. The molecule has 1 fully saturated rings. The first kappa shape index (κ1) is 23.1. The summed E-state index contributed by atoms with van der Waals surface area (Å²) in [7, 11) is 5.54. The third-order valence-corrected chi connectivity index (χ3v) is 5.64. The third kappa shape index (κ3) is 6.99. The van der Waals surface area contributed by atoms with E-state index in [1.807, 2.05) is 6.07 Å². The Bertz CT molecular complexity index is 630. The normalized spacial score (nSPS) is 18.1. The van der Waals surface area contributed by atoms with Crippen molar-refractivity contribution < 1.29 is 9.47 Å². The molecule has 0 saturated carbocycles. The summed E-state index contributed by atoms with van der Waals surface area (Å²) in [6.07, 6.45) is 2.22. The zero-order valence-corrected chi connectivity index (χ0v) is 19.0. The molecule has 1 heterocycles. The number of benzene rings is 1. The molecule has 2 rings (SSSR count). The number of anilines is 1. The van der Waals surface area contributed by atoms with Gasteiger partial charge >= 0.3 is 0 Å². The molecule has 0 radical (unpaired) electrons. The minimum Gasteiger partial charge on any atom is -0.497 e. The van der Waals surface area contributed by atoms with Gasteiger partial charge in [0.25, 0.3) is 0 Å². The molecule has 1 saturated heterocycles. The van der Waals surface area contributed by atoms with Crippen LogP contribution >= 0.6 is 0 Å². The van der Waals surface area contributed by atoms with Gasteiger partial charge in [-0.1, -0.05) is 6.92 Å². The number of guanidine groups is 1. The Labute approximate surface area is 176 Å². The number of hydrogen-bond donors (Lipinski definition) is 2. The average Bonchev–Trinajstić information content (AvgIpc) is 3.21. The Balaban J connectivity index is 1.94. The van der Waals surface area contributed by atoms with Crippen LogP contribution in [0, 0.1) is 0 Å². The molecule has 0 bridgehead atoms. The van der Waals surface area contributed by atoms with Crippen molar-refractivity contribution in [3.8, 4) is 11.5 Å². The molecular formula is C22H39N5O2. The molecule has 2 N–H and O–H groups in total. The zero-order valence-electron chi connectivity index (χ0n) is 19.0. The van der Waals surface area contributed by atoms with Gasteiger partial charge in [-0.2, -0.15) is 0 Å². The molecule has 2 unspecified atom stereocenters. The fourth-order valence-corrected chi connectivity index (χ4v) is 3.45. The monoisotopic (exact) mass is 405 g/mol. The van der Waals surface area contributed by atoms with E-state index in [4.69, 9.17) is 14.5 Å². The van der Waals surface area contributed by atoms with Gasteiger partial charge in [-0.3, -0.25) is 4.99 Å². The number of methoxy groups -OCH3 is 2. The predicted octanol–water partition coefficient (Wildman–Crippen LogP) is 2.57. The summed E-state index contributed by atoms with van der Waals surface area (Å²) in [6.45, 7) is 11.1. The molecule has 1 aliphatic heterocycles. The van der Waals surface area contributed by atoms with Gasteiger partial charge in [-0.15, -0.1) is 0 Å². The fourth-order valence-electron chi connectivity index (χ4n) is 3.45. The molecule has 0 amide bonds.